The van der Waals surface area contributed by atoms with Gasteiger partial charge in [-0.05, 0) is 19.8 Å². The molecule has 0 aromatic carbocycles. The van der Waals surface area contributed by atoms with Crippen molar-refractivity contribution < 1.29 is 13.5 Å². The first-order chi connectivity index (χ1) is 6.49. The second kappa shape index (κ2) is 4.57. The minimum Gasteiger partial charge on any atom is -0.391 e. The summed E-state index contributed by atoms with van der Waals surface area (Å²) in [6, 6.07) is -0.326. The number of nitrogens with one attached hydrogen (secondary N) is 1. The lowest BCUT2D eigenvalue weighted by Crippen LogP contribution is -2.52. The van der Waals surface area contributed by atoms with Crippen molar-refractivity contribution in [3.63, 3.8) is 0 Å². The Kier molecular flexibility index (Phi) is 3.88. The quantitative estimate of drug-likeness (QED) is 0.688. The second-order valence-corrected chi connectivity index (χ2v) is 5.27. The highest BCUT2D eigenvalue weighted by atomic mass is 32.2. The molecule has 1 heterocycles. The highest BCUT2D eigenvalue weighted by molar-refractivity contribution is 7.87. The van der Waals surface area contributed by atoms with Crippen LogP contribution in [0.5, 0.6) is 0 Å². The zero-order valence-electron chi connectivity index (χ0n) is 8.60. The summed E-state index contributed by atoms with van der Waals surface area (Å²) < 4.78 is 27.1. The summed E-state index contributed by atoms with van der Waals surface area (Å²) in [6.07, 6.45) is 0.854. The predicted octanol–water partition coefficient (Wildman–Crippen LogP) is -0.314. The smallest absolute Gasteiger partial charge is 0.279 e. The SMILES string of the molecule is CCNS(=O)(=O)N1CCCC(O)C1C. The van der Waals surface area contributed by atoms with E-state index in [0.717, 1.165) is 6.42 Å². The first-order valence-electron chi connectivity index (χ1n) is 4.93. The van der Waals surface area contributed by atoms with E-state index in [1.165, 1.54) is 4.31 Å². The second-order valence-electron chi connectivity index (χ2n) is 3.56. The van der Waals surface area contributed by atoms with Crippen molar-refractivity contribution in [1.29, 1.82) is 0 Å². The summed E-state index contributed by atoms with van der Waals surface area (Å²) >= 11 is 0. The zero-order valence-corrected chi connectivity index (χ0v) is 9.42. The van der Waals surface area contributed by atoms with Gasteiger partial charge in [0.15, 0.2) is 0 Å². The fraction of sp³-hybridized carbons (Fsp3) is 1.00. The lowest BCUT2D eigenvalue weighted by molar-refractivity contribution is 0.0608. The molecule has 5 nitrogen and oxygen atoms in total. The third kappa shape index (κ3) is 2.44. The molecule has 0 amide bonds. The van der Waals surface area contributed by atoms with Gasteiger partial charge in [0.25, 0.3) is 10.2 Å². The van der Waals surface area contributed by atoms with E-state index in [0.29, 0.717) is 19.5 Å². The molecular formula is C8H18N2O3S. The third-order valence-electron chi connectivity index (χ3n) is 2.52. The fourth-order valence-electron chi connectivity index (χ4n) is 1.70. The summed E-state index contributed by atoms with van der Waals surface area (Å²) in [4.78, 5) is 0. The standard InChI is InChI=1S/C8H18N2O3S/c1-3-9-14(12,13)10-6-4-5-8(11)7(10)2/h7-9,11H,3-6H2,1-2H3. The molecule has 0 bridgehead atoms. The summed E-state index contributed by atoms with van der Waals surface area (Å²) in [5.74, 6) is 0. The molecule has 1 fully saturated rings. The van der Waals surface area contributed by atoms with Crippen LogP contribution in [0.15, 0.2) is 0 Å². The van der Waals surface area contributed by atoms with Gasteiger partial charge < -0.3 is 5.11 Å². The Balaban J connectivity index is 2.76. The van der Waals surface area contributed by atoms with Crippen LogP contribution in [0, 0.1) is 0 Å². The van der Waals surface area contributed by atoms with E-state index in [1.54, 1.807) is 13.8 Å². The van der Waals surface area contributed by atoms with Crippen LogP contribution in [-0.2, 0) is 10.2 Å². The van der Waals surface area contributed by atoms with E-state index in [2.05, 4.69) is 4.72 Å². The first-order valence-corrected chi connectivity index (χ1v) is 6.37. The molecule has 2 N–H and O–H groups in total. The first kappa shape index (κ1) is 11.9. The van der Waals surface area contributed by atoms with E-state index in [1.807, 2.05) is 0 Å². The van der Waals surface area contributed by atoms with Gasteiger partial charge in [0.2, 0.25) is 0 Å². The van der Waals surface area contributed by atoms with Gasteiger partial charge in [0.1, 0.15) is 0 Å². The molecule has 0 aromatic heterocycles. The van der Waals surface area contributed by atoms with E-state index in [4.69, 9.17) is 0 Å². The molecule has 0 radical (unpaired) electrons. The lowest BCUT2D eigenvalue weighted by Gasteiger charge is -2.35. The minimum atomic E-state index is -3.39. The van der Waals surface area contributed by atoms with Gasteiger partial charge in [-0.2, -0.15) is 12.7 Å². The van der Waals surface area contributed by atoms with Crippen LogP contribution in [0.1, 0.15) is 26.7 Å². The van der Waals surface area contributed by atoms with Crippen LogP contribution in [0.3, 0.4) is 0 Å². The number of hydrogen-bond acceptors (Lipinski definition) is 3. The van der Waals surface area contributed by atoms with Crippen molar-refractivity contribution in [2.24, 2.45) is 0 Å². The maximum absolute atomic E-state index is 11.6. The molecule has 6 heteroatoms. The van der Waals surface area contributed by atoms with Crippen LogP contribution in [-0.4, -0.2) is 43.1 Å². The van der Waals surface area contributed by atoms with Crippen molar-refractivity contribution in [2.45, 2.75) is 38.8 Å². The molecule has 1 rings (SSSR count). The maximum Gasteiger partial charge on any atom is 0.279 e. The Hall–Kier alpha value is -0.170. The summed E-state index contributed by atoms with van der Waals surface area (Å²) in [7, 11) is -3.39. The van der Waals surface area contributed by atoms with Crippen molar-refractivity contribution in [3.05, 3.63) is 0 Å². The van der Waals surface area contributed by atoms with Crippen LogP contribution < -0.4 is 4.72 Å². The zero-order chi connectivity index (χ0) is 10.8. The van der Waals surface area contributed by atoms with Gasteiger partial charge >= 0.3 is 0 Å². The van der Waals surface area contributed by atoms with E-state index < -0.39 is 16.3 Å². The van der Waals surface area contributed by atoms with Crippen molar-refractivity contribution in [1.82, 2.24) is 9.03 Å². The lowest BCUT2D eigenvalue weighted by atomic mass is 10.0. The summed E-state index contributed by atoms with van der Waals surface area (Å²) in [6.45, 7) is 4.34. The van der Waals surface area contributed by atoms with E-state index in [9.17, 15) is 13.5 Å². The molecule has 84 valence electrons. The Bertz CT molecular complexity index is 278. The van der Waals surface area contributed by atoms with Crippen LogP contribution in [0.25, 0.3) is 0 Å². The van der Waals surface area contributed by atoms with Crippen molar-refractivity contribution in [2.75, 3.05) is 13.1 Å². The van der Waals surface area contributed by atoms with Crippen molar-refractivity contribution >= 4 is 10.2 Å². The van der Waals surface area contributed by atoms with Crippen LogP contribution >= 0.6 is 0 Å². The molecule has 0 spiro atoms. The number of aliphatic hydroxyl groups excluding tert-OH is 1. The van der Waals surface area contributed by atoms with Gasteiger partial charge in [-0.1, -0.05) is 6.92 Å². The molecular weight excluding hydrogens is 204 g/mol. The third-order valence-corrected chi connectivity index (χ3v) is 4.31. The number of aliphatic hydroxyl groups is 1. The monoisotopic (exact) mass is 222 g/mol. The van der Waals surface area contributed by atoms with Gasteiger partial charge in [-0.15, -0.1) is 0 Å². The van der Waals surface area contributed by atoms with Crippen LogP contribution in [0.2, 0.25) is 0 Å². The average molecular weight is 222 g/mol. The van der Waals surface area contributed by atoms with Crippen LogP contribution in [0.4, 0.5) is 0 Å². The molecule has 0 saturated carbocycles. The Morgan fingerprint density at radius 2 is 2.21 bits per heavy atom. The number of piperidine rings is 1. The molecule has 0 aromatic rings. The normalized spacial score (nSPS) is 30.5. The minimum absolute atomic E-state index is 0.326. The van der Waals surface area contributed by atoms with Gasteiger partial charge in [-0.3, -0.25) is 0 Å². The molecule has 14 heavy (non-hydrogen) atoms. The molecule has 2 atom stereocenters. The van der Waals surface area contributed by atoms with Gasteiger partial charge in [0, 0.05) is 19.1 Å². The predicted molar refractivity (Wildman–Crippen MR) is 54.0 cm³/mol. The summed E-state index contributed by atoms with van der Waals surface area (Å²) in [5, 5.41) is 9.55. The largest absolute Gasteiger partial charge is 0.391 e. The molecule has 1 saturated heterocycles. The Labute approximate surface area is 85.3 Å². The Morgan fingerprint density at radius 3 is 2.79 bits per heavy atom. The highest BCUT2D eigenvalue weighted by Crippen LogP contribution is 2.19. The van der Waals surface area contributed by atoms with Gasteiger partial charge in [0.05, 0.1) is 6.10 Å². The van der Waals surface area contributed by atoms with Gasteiger partial charge in [-0.25, -0.2) is 4.72 Å². The van der Waals surface area contributed by atoms with E-state index in [-0.39, 0.29) is 6.04 Å². The Morgan fingerprint density at radius 1 is 1.57 bits per heavy atom. The molecule has 2 unspecified atom stereocenters. The van der Waals surface area contributed by atoms with Crippen molar-refractivity contribution in [3.8, 4) is 0 Å². The maximum atomic E-state index is 11.6. The highest BCUT2D eigenvalue weighted by Gasteiger charge is 2.33. The van der Waals surface area contributed by atoms with E-state index >= 15 is 0 Å². The average Bonchev–Trinajstić information content (AvgIpc) is 2.09. The topological polar surface area (TPSA) is 69.6 Å². The number of nitrogens with zero attached hydrogens (tertiary/aromatic N) is 1. The fourth-order valence-corrected chi connectivity index (χ4v) is 3.18. The summed E-state index contributed by atoms with van der Waals surface area (Å²) in [5.41, 5.74) is 0. The molecule has 1 aliphatic heterocycles. The molecule has 1 aliphatic rings. The number of hydrogen-bond donors (Lipinski definition) is 2. The molecule has 0 aliphatic carbocycles. The number of rotatable bonds is 3.